The zero-order valence-corrected chi connectivity index (χ0v) is 11.7. The zero-order chi connectivity index (χ0) is 14.7. The first-order valence-corrected chi connectivity index (χ1v) is 6.75. The van der Waals surface area contributed by atoms with E-state index in [0.29, 0.717) is 6.54 Å². The van der Waals surface area contributed by atoms with Crippen LogP contribution in [0.2, 0.25) is 0 Å². The molecule has 0 radical (unpaired) electrons. The summed E-state index contributed by atoms with van der Waals surface area (Å²) in [6.45, 7) is 4.25. The Labute approximate surface area is 118 Å². The van der Waals surface area contributed by atoms with Crippen LogP contribution in [-0.4, -0.2) is 41.1 Å². The number of carboxylic acids is 1. The largest absolute Gasteiger partial charge is 0.479 e. The molecular formula is C15H19NO4. The van der Waals surface area contributed by atoms with E-state index >= 15 is 0 Å². The second-order valence-electron chi connectivity index (χ2n) is 4.96. The zero-order valence-electron chi connectivity index (χ0n) is 11.7. The first-order valence-electron chi connectivity index (χ1n) is 6.75. The van der Waals surface area contributed by atoms with E-state index in [4.69, 9.17) is 4.74 Å². The van der Waals surface area contributed by atoms with Crippen molar-refractivity contribution in [1.29, 1.82) is 0 Å². The number of nitrogens with zero attached hydrogens (tertiary/aromatic N) is 1. The predicted octanol–water partition coefficient (Wildman–Crippen LogP) is 1.76. The maximum atomic E-state index is 12.1. The monoisotopic (exact) mass is 277 g/mol. The third-order valence-electron chi connectivity index (χ3n) is 3.54. The highest BCUT2D eigenvalue weighted by atomic mass is 16.5. The molecule has 1 saturated heterocycles. The average molecular weight is 277 g/mol. The lowest BCUT2D eigenvalue weighted by atomic mass is 9.94. The molecule has 108 valence electrons. The summed E-state index contributed by atoms with van der Waals surface area (Å²) in [6, 6.07) is 6.96. The first kappa shape index (κ1) is 14.5. The highest BCUT2D eigenvalue weighted by Crippen LogP contribution is 2.32. The summed E-state index contributed by atoms with van der Waals surface area (Å²) in [5, 5.41) is 9.37. The Hall–Kier alpha value is -1.88. The summed E-state index contributed by atoms with van der Waals surface area (Å²) in [7, 11) is 0. The van der Waals surface area contributed by atoms with Gasteiger partial charge in [0.05, 0.1) is 6.04 Å². The second kappa shape index (κ2) is 6.05. The van der Waals surface area contributed by atoms with Gasteiger partial charge in [0.15, 0.2) is 6.10 Å². The number of carbonyl (C=O) groups is 2. The fraction of sp³-hybridized carbons (Fsp3) is 0.467. The van der Waals surface area contributed by atoms with E-state index in [9.17, 15) is 14.7 Å². The van der Waals surface area contributed by atoms with Gasteiger partial charge in [0, 0.05) is 6.54 Å². The summed E-state index contributed by atoms with van der Waals surface area (Å²) in [6.07, 6.45) is -0.235. The standard InChI is InChI=1S/C15H19NO4/c1-3-8-16-12(17)9-20-14(15(18)19)13(16)11-7-5-4-6-10(11)2/h4-7,13-14H,3,8-9H2,1-2H3,(H,18,19). The maximum Gasteiger partial charge on any atom is 0.335 e. The number of aliphatic carboxylic acids is 1. The molecule has 1 aliphatic rings. The van der Waals surface area contributed by atoms with E-state index in [2.05, 4.69) is 0 Å². The minimum Gasteiger partial charge on any atom is -0.479 e. The number of ether oxygens (including phenoxy) is 1. The second-order valence-corrected chi connectivity index (χ2v) is 4.96. The summed E-state index contributed by atoms with van der Waals surface area (Å²) in [5.41, 5.74) is 1.80. The van der Waals surface area contributed by atoms with Gasteiger partial charge in [0.2, 0.25) is 5.91 Å². The summed E-state index contributed by atoms with van der Waals surface area (Å²) < 4.78 is 5.26. The van der Waals surface area contributed by atoms with Crippen LogP contribution in [0.5, 0.6) is 0 Å². The summed E-state index contributed by atoms with van der Waals surface area (Å²) in [5.74, 6) is -1.19. The van der Waals surface area contributed by atoms with E-state index in [1.165, 1.54) is 0 Å². The fourth-order valence-corrected chi connectivity index (χ4v) is 2.61. The molecule has 0 spiro atoms. The number of hydrogen-bond donors (Lipinski definition) is 1. The third-order valence-corrected chi connectivity index (χ3v) is 3.54. The number of rotatable bonds is 4. The van der Waals surface area contributed by atoms with Gasteiger partial charge >= 0.3 is 5.97 Å². The van der Waals surface area contributed by atoms with Crippen molar-refractivity contribution in [1.82, 2.24) is 4.90 Å². The van der Waals surface area contributed by atoms with Gasteiger partial charge in [-0.3, -0.25) is 4.79 Å². The van der Waals surface area contributed by atoms with E-state index in [-0.39, 0.29) is 12.5 Å². The van der Waals surface area contributed by atoms with Gasteiger partial charge in [-0.05, 0) is 24.5 Å². The van der Waals surface area contributed by atoms with Crippen LogP contribution in [0, 0.1) is 6.92 Å². The van der Waals surface area contributed by atoms with Crippen LogP contribution in [-0.2, 0) is 14.3 Å². The van der Waals surface area contributed by atoms with E-state index in [1.807, 2.05) is 38.1 Å². The number of hydrogen-bond acceptors (Lipinski definition) is 3. The van der Waals surface area contributed by atoms with Crippen molar-refractivity contribution in [3.63, 3.8) is 0 Å². The Bertz CT molecular complexity index is 514. The molecule has 1 fully saturated rings. The lowest BCUT2D eigenvalue weighted by Gasteiger charge is -2.40. The number of carbonyl (C=O) groups excluding carboxylic acids is 1. The lowest BCUT2D eigenvalue weighted by molar-refractivity contribution is -0.173. The number of aryl methyl sites for hydroxylation is 1. The topological polar surface area (TPSA) is 66.8 Å². The normalized spacial score (nSPS) is 22.9. The molecule has 2 unspecified atom stereocenters. The molecule has 0 bridgehead atoms. The van der Waals surface area contributed by atoms with Gasteiger partial charge in [-0.2, -0.15) is 0 Å². The molecule has 5 heteroatoms. The molecule has 1 aliphatic heterocycles. The van der Waals surface area contributed by atoms with Gasteiger partial charge in [-0.25, -0.2) is 4.79 Å². The molecule has 1 N–H and O–H groups in total. The number of benzene rings is 1. The summed E-state index contributed by atoms with van der Waals surface area (Å²) >= 11 is 0. The van der Waals surface area contributed by atoms with Gasteiger partial charge in [-0.1, -0.05) is 31.2 Å². The van der Waals surface area contributed by atoms with Crippen LogP contribution in [0.3, 0.4) is 0 Å². The van der Waals surface area contributed by atoms with Crippen molar-refractivity contribution in [2.45, 2.75) is 32.4 Å². The lowest BCUT2D eigenvalue weighted by Crippen LogP contribution is -2.52. The molecule has 1 heterocycles. The van der Waals surface area contributed by atoms with Gasteiger partial charge in [0.25, 0.3) is 0 Å². The molecule has 2 rings (SSSR count). The Morgan fingerprint density at radius 3 is 2.75 bits per heavy atom. The third kappa shape index (κ3) is 2.67. The molecule has 0 saturated carbocycles. The van der Waals surface area contributed by atoms with Crippen molar-refractivity contribution >= 4 is 11.9 Å². The Morgan fingerprint density at radius 1 is 1.45 bits per heavy atom. The van der Waals surface area contributed by atoms with E-state index in [1.54, 1.807) is 4.90 Å². The Morgan fingerprint density at radius 2 is 2.15 bits per heavy atom. The molecule has 0 aromatic heterocycles. The van der Waals surface area contributed by atoms with Crippen LogP contribution in [0.25, 0.3) is 0 Å². The van der Waals surface area contributed by atoms with Crippen molar-refractivity contribution in [3.8, 4) is 0 Å². The van der Waals surface area contributed by atoms with Gasteiger partial charge in [0.1, 0.15) is 6.61 Å². The quantitative estimate of drug-likeness (QED) is 0.910. The van der Waals surface area contributed by atoms with Crippen LogP contribution >= 0.6 is 0 Å². The highest BCUT2D eigenvalue weighted by molar-refractivity contribution is 5.83. The van der Waals surface area contributed by atoms with Gasteiger partial charge < -0.3 is 14.7 Å². The molecule has 1 aromatic carbocycles. The highest BCUT2D eigenvalue weighted by Gasteiger charge is 2.41. The molecule has 2 atom stereocenters. The molecular weight excluding hydrogens is 258 g/mol. The molecule has 5 nitrogen and oxygen atoms in total. The average Bonchev–Trinajstić information content (AvgIpc) is 2.41. The van der Waals surface area contributed by atoms with E-state index in [0.717, 1.165) is 17.5 Å². The SMILES string of the molecule is CCCN1C(=O)COC(C(=O)O)C1c1ccccc1C. The number of amides is 1. The molecule has 20 heavy (non-hydrogen) atoms. The molecule has 1 amide bonds. The van der Waals surface area contributed by atoms with Gasteiger partial charge in [-0.15, -0.1) is 0 Å². The maximum absolute atomic E-state index is 12.1. The summed E-state index contributed by atoms with van der Waals surface area (Å²) in [4.78, 5) is 25.1. The molecule has 1 aromatic rings. The van der Waals surface area contributed by atoms with Crippen LogP contribution < -0.4 is 0 Å². The van der Waals surface area contributed by atoms with Crippen LogP contribution in [0.1, 0.15) is 30.5 Å². The van der Waals surface area contributed by atoms with E-state index < -0.39 is 18.1 Å². The van der Waals surface area contributed by atoms with Crippen molar-refractivity contribution in [2.75, 3.05) is 13.2 Å². The molecule has 0 aliphatic carbocycles. The first-order chi connectivity index (χ1) is 9.56. The van der Waals surface area contributed by atoms with Crippen LogP contribution in [0.15, 0.2) is 24.3 Å². The number of carboxylic acid groups (broad SMARTS) is 1. The minimum absolute atomic E-state index is 0.155. The van der Waals surface area contributed by atoms with Crippen molar-refractivity contribution in [3.05, 3.63) is 35.4 Å². The smallest absolute Gasteiger partial charge is 0.335 e. The number of morpholine rings is 1. The Balaban J connectivity index is 2.46. The van der Waals surface area contributed by atoms with Crippen LogP contribution in [0.4, 0.5) is 0 Å². The fourth-order valence-electron chi connectivity index (χ4n) is 2.61. The van der Waals surface area contributed by atoms with Crippen molar-refractivity contribution in [2.24, 2.45) is 0 Å². The predicted molar refractivity (Wildman–Crippen MR) is 73.3 cm³/mol. The van der Waals surface area contributed by atoms with Crippen molar-refractivity contribution < 1.29 is 19.4 Å². The Kier molecular flexibility index (Phi) is 4.39. The minimum atomic E-state index is -1.04.